The van der Waals surface area contributed by atoms with E-state index in [4.69, 9.17) is 25.5 Å². The normalized spacial score (nSPS) is 9.93. The molecule has 0 fully saturated rings. The van der Waals surface area contributed by atoms with Crippen LogP contribution in [0.4, 0.5) is 0 Å². The van der Waals surface area contributed by atoms with Crippen LogP contribution in [-0.2, 0) is 0 Å². The maximum absolute atomic E-state index is 12.0. The third-order valence-corrected chi connectivity index (χ3v) is 3.77. The number of phenols is 6. The molecule has 0 aromatic heterocycles. The van der Waals surface area contributed by atoms with E-state index in [-0.39, 0.29) is 5.56 Å². The number of aromatic hydroxyl groups is 6. The summed E-state index contributed by atoms with van der Waals surface area (Å²) in [6, 6.07) is 12.8. The molecule has 0 spiro atoms. The molecule has 0 bridgehead atoms. The largest absolute Gasteiger partial charge is 0.504 e. The van der Waals surface area contributed by atoms with E-state index in [0.29, 0.717) is 5.56 Å². The van der Waals surface area contributed by atoms with E-state index >= 15 is 0 Å². The fourth-order valence-electron chi connectivity index (χ4n) is 2.24. The molecular weight excluding hydrogens is 384 g/mol. The topological polar surface area (TPSA) is 176 Å². The highest BCUT2D eigenvalue weighted by Crippen LogP contribution is 2.38. The van der Waals surface area contributed by atoms with E-state index in [1.807, 2.05) is 0 Å². The molecule has 3 aromatic carbocycles. The van der Waals surface area contributed by atoms with E-state index in [9.17, 15) is 19.8 Å². The van der Waals surface area contributed by atoms with Gasteiger partial charge in [-0.05, 0) is 24.3 Å². The summed E-state index contributed by atoms with van der Waals surface area (Å²) in [5.74, 6) is -5.77. The van der Waals surface area contributed by atoms with Gasteiger partial charge in [0.05, 0.1) is 5.56 Å². The summed E-state index contributed by atoms with van der Waals surface area (Å²) in [6.45, 7) is 0. The Hall–Kier alpha value is -4.40. The van der Waals surface area contributed by atoms with E-state index in [1.165, 1.54) is 6.07 Å². The van der Waals surface area contributed by atoms with Gasteiger partial charge in [0.15, 0.2) is 28.8 Å². The lowest BCUT2D eigenvalue weighted by Gasteiger charge is -2.06. The Balaban J connectivity index is 0.000000221. The fraction of sp³-hybridized carbons (Fsp3) is 0. The first-order valence-electron chi connectivity index (χ1n) is 7.96. The van der Waals surface area contributed by atoms with Gasteiger partial charge in [0, 0.05) is 5.56 Å². The first-order valence-corrected chi connectivity index (χ1v) is 7.96. The highest BCUT2D eigenvalue weighted by molar-refractivity contribution is 6.11. The molecule has 0 heterocycles. The van der Waals surface area contributed by atoms with Crippen LogP contribution in [0.2, 0.25) is 0 Å². The van der Waals surface area contributed by atoms with Crippen molar-refractivity contribution in [3.63, 3.8) is 0 Å². The van der Waals surface area contributed by atoms with Gasteiger partial charge < -0.3 is 35.7 Å². The Kier molecular flexibility index (Phi) is 6.15. The van der Waals surface area contributed by atoms with Crippen LogP contribution in [0.1, 0.15) is 26.3 Å². The molecule has 0 aliphatic heterocycles. The lowest BCUT2D eigenvalue weighted by molar-refractivity contribution is 0.0692. The van der Waals surface area contributed by atoms with Crippen molar-refractivity contribution in [1.29, 1.82) is 0 Å². The first-order chi connectivity index (χ1) is 13.6. The van der Waals surface area contributed by atoms with Gasteiger partial charge in [-0.3, -0.25) is 4.79 Å². The van der Waals surface area contributed by atoms with Crippen LogP contribution < -0.4 is 0 Å². The molecule has 0 unspecified atom stereocenters. The van der Waals surface area contributed by atoms with Crippen LogP contribution in [-0.4, -0.2) is 47.5 Å². The number of hydrogen-bond donors (Lipinski definition) is 7. The summed E-state index contributed by atoms with van der Waals surface area (Å²) in [5, 5.41) is 63.1. The molecule has 3 aromatic rings. The summed E-state index contributed by atoms with van der Waals surface area (Å²) in [6.07, 6.45) is 0. The van der Waals surface area contributed by atoms with Gasteiger partial charge in [0.25, 0.3) is 0 Å². The standard InChI is InChI=1S/C13H10O4.C7H6O5/c14-10-7-6-9(12(16)13(10)17)11(15)8-4-2-1-3-5-8;8-4-2-1-3(7(11)12)5(9)6(4)10/h1-7,14,16-17H;1-2,8-10H,(H,11,12). The molecule has 9 heteroatoms. The Morgan fingerprint density at radius 2 is 1.00 bits per heavy atom. The molecule has 3 rings (SSSR count). The second kappa shape index (κ2) is 8.53. The predicted octanol–water partition coefficient (Wildman–Crippen LogP) is 2.54. The number of carbonyl (C=O) groups is 2. The summed E-state index contributed by atoms with van der Waals surface area (Å²) >= 11 is 0. The van der Waals surface area contributed by atoms with E-state index in [0.717, 1.165) is 18.2 Å². The molecule has 0 aliphatic carbocycles. The molecule has 0 saturated carbocycles. The number of carboxylic acid groups (broad SMARTS) is 1. The fourth-order valence-corrected chi connectivity index (χ4v) is 2.24. The zero-order valence-electron chi connectivity index (χ0n) is 14.6. The average Bonchev–Trinajstić information content (AvgIpc) is 2.71. The molecule has 0 amide bonds. The summed E-state index contributed by atoms with van der Waals surface area (Å²) < 4.78 is 0. The molecular formula is C20H16O9. The van der Waals surface area contributed by atoms with Crippen LogP contribution in [0.5, 0.6) is 34.5 Å². The third kappa shape index (κ3) is 4.48. The quantitative estimate of drug-likeness (QED) is 0.257. The Morgan fingerprint density at radius 1 is 0.552 bits per heavy atom. The van der Waals surface area contributed by atoms with Crippen molar-refractivity contribution in [2.24, 2.45) is 0 Å². The number of rotatable bonds is 3. The minimum atomic E-state index is -1.37. The Morgan fingerprint density at radius 3 is 1.48 bits per heavy atom. The number of ketones is 1. The van der Waals surface area contributed by atoms with Crippen LogP contribution in [0.15, 0.2) is 54.6 Å². The second-order valence-electron chi connectivity index (χ2n) is 5.66. The minimum Gasteiger partial charge on any atom is -0.504 e. The van der Waals surface area contributed by atoms with Crippen molar-refractivity contribution in [1.82, 2.24) is 0 Å². The van der Waals surface area contributed by atoms with Gasteiger partial charge in [0.1, 0.15) is 5.56 Å². The number of carboxylic acids is 1. The average molecular weight is 400 g/mol. The van der Waals surface area contributed by atoms with Crippen molar-refractivity contribution >= 4 is 11.8 Å². The van der Waals surface area contributed by atoms with Crippen molar-refractivity contribution in [2.45, 2.75) is 0 Å². The van der Waals surface area contributed by atoms with Gasteiger partial charge in [0.2, 0.25) is 11.5 Å². The van der Waals surface area contributed by atoms with Crippen molar-refractivity contribution in [3.8, 4) is 34.5 Å². The summed E-state index contributed by atoms with van der Waals surface area (Å²) in [7, 11) is 0. The van der Waals surface area contributed by atoms with Crippen molar-refractivity contribution < 1.29 is 45.3 Å². The maximum atomic E-state index is 12.0. The molecule has 0 atom stereocenters. The molecule has 7 N–H and O–H groups in total. The Labute approximate surface area is 163 Å². The second-order valence-corrected chi connectivity index (χ2v) is 5.66. The molecule has 29 heavy (non-hydrogen) atoms. The van der Waals surface area contributed by atoms with Crippen LogP contribution in [0.3, 0.4) is 0 Å². The van der Waals surface area contributed by atoms with Gasteiger partial charge in [-0.1, -0.05) is 30.3 Å². The maximum Gasteiger partial charge on any atom is 0.339 e. The SMILES string of the molecule is O=C(O)c1ccc(O)c(O)c1O.O=C(c1ccccc1)c1ccc(O)c(O)c1O. The van der Waals surface area contributed by atoms with E-state index in [1.54, 1.807) is 30.3 Å². The number of benzene rings is 3. The lowest BCUT2D eigenvalue weighted by Crippen LogP contribution is -2.01. The summed E-state index contributed by atoms with van der Waals surface area (Å²) in [5.41, 5.74) is -0.107. The highest BCUT2D eigenvalue weighted by atomic mass is 16.4. The Bertz CT molecular complexity index is 1060. The first kappa shape index (κ1) is 20.9. The van der Waals surface area contributed by atoms with Crippen LogP contribution in [0, 0.1) is 0 Å². The number of aromatic carboxylic acids is 1. The molecule has 150 valence electrons. The van der Waals surface area contributed by atoms with Gasteiger partial charge in [-0.15, -0.1) is 0 Å². The highest BCUT2D eigenvalue weighted by Gasteiger charge is 2.18. The smallest absolute Gasteiger partial charge is 0.339 e. The summed E-state index contributed by atoms with van der Waals surface area (Å²) in [4.78, 5) is 22.3. The predicted molar refractivity (Wildman–Crippen MR) is 99.7 cm³/mol. The number of hydrogen-bond acceptors (Lipinski definition) is 8. The number of carbonyl (C=O) groups excluding carboxylic acids is 1. The lowest BCUT2D eigenvalue weighted by atomic mass is 10.0. The zero-order chi connectivity index (χ0) is 21.7. The van der Waals surface area contributed by atoms with Crippen LogP contribution in [0.25, 0.3) is 0 Å². The van der Waals surface area contributed by atoms with E-state index in [2.05, 4.69) is 0 Å². The zero-order valence-corrected chi connectivity index (χ0v) is 14.6. The van der Waals surface area contributed by atoms with Gasteiger partial charge in [-0.25, -0.2) is 4.79 Å². The minimum absolute atomic E-state index is 0.0495. The molecule has 0 aliphatic rings. The van der Waals surface area contributed by atoms with Gasteiger partial charge in [-0.2, -0.15) is 0 Å². The van der Waals surface area contributed by atoms with Crippen molar-refractivity contribution in [3.05, 3.63) is 71.3 Å². The molecule has 0 radical (unpaired) electrons. The van der Waals surface area contributed by atoms with Crippen molar-refractivity contribution in [2.75, 3.05) is 0 Å². The number of phenolic OH excluding ortho intramolecular Hbond substituents is 5. The monoisotopic (exact) mass is 400 g/mol. The molecule has 9 nitrogen and oxygen atoms in total. The molecule has 0 saturated heterocycles. The van der Waals surface area contributed by atoms with Crippen LogP contribution >= 0.6 is 0 Å². The van der Waals surface area contributed by atoms with Gasteiger partial charge >= 0.3 is 5.97 Å². The third-order valence-electron chi connectivity index (χ3n) is 3.77. The van der Waals surface area contributed by atoms with E-state index < -0.39 is 51.8 Å².